The van der Waals surface area contributed by atoms with Gasteiger partial charge in [-0.15, -0.1) is 0 Å². The number of furan rings is 1. The molecule has 0 spiro atoms. The van der Waals surface area contributed by atoms with E-state index in [9.17, 15) is 9.59 Å². The molecule has 0 atom stereocenters. The van der Waals surface area contributed by atoms with Crippen LogP contribution in [0.4, 0.5) is 4.79 Å². The predicted octanol–water partition coefficient (Wildman–Crippen LogP) is 4.13. The fourth-order valence-corrected chi connectivity index (χ4v) is 2.99. The SMILES string of the molecule is Cc1ccc(CN2C(=O)SC(=Cc3ccc(C)o3)C2=O)cc1. The van der Waals surface area contributed by atoms with Gasteiger partial charge in [0.05, 0.1) is 11.4 Å². The molecule has 1 aliphatic heterocycles. The maximum absolute atomic E-state index is 12.4. The van der Waals surface area contributed by atoms with E-state index in [1.165, 1.54) is 4.90 Å². The van der Waals surface area contributed by atoms with E-state index in [2.05, 4.69) is 0 Å². The van der Waals surface area contributed by atoms with Crippen molar-refractivity contribution in [2.24, 2.45) is 0 Å². The molecule has 22 heavy (non-hydrogen) atoms. The summed E-state index contributed by atoms with van der Waals surface area (Å²) >= 11 is 0.947. The monoisotopic (exact) mass is 313 g/mol. The van der Waals surface area contributed by atoms with Gasteiger partial charge < -0.3 is 4.42 Å². The van der Waals surface area contributed by atoms with Crippen LogP contribution in [0.5, 0.6) is 0 Å². The van der Waals surface area contributed by atoms with Gasteiger partial charge in [0.1, 0.15) is 11.5 Å². The first kappa shape index (κ1) is 14.7. The van der Waals surface area contributed by atoms with Crippen LogP contribution in [0, 0.1) is 13.8 Å². The van der Waals surface area contributed by atoms with Crippen LogP contribution in [0.15, 0.2) is 45.7 Å². The number of carbonyl (C=O) groups is 2. The van der Waals surface area contributed by atoms with Gasteiger partial charge in [-0.1, -0.05) is 29.8 Å². The highest BCUT2D eigenvalue weighted by molar-refractivity contribution is 8.18. The van der Waals surface area contributed by atoms with Crippen LogP contribution in [-0.4, -0.2) is 16.0 Å². The van der Waals surface area contributed by atoms with Gasteiger partial charge in [-0.2, -0.15) is 0 Å². The molecule has 0 N–H and O–H groups in total. The second kappa shape index (κ2) is 5.85. The zero-order chi connectivity index (χ0) is 15.7. The fraction of sp³-hybridized carbons (Fsp3) is 0.176. The number of rotatable bonds is 3. The molecule has 0 bridgehead atoms. The van der Waals surface area contributed by atoms with Crippen LogP contribution in [0.2, 0.25) is 0 Å². The van der Waals surface area contributed by atoms with E-state index in [1.54, 1.807) is 12.1 Å². The molecule has 1 fully saturated rings. The number of nitrogens with zero attached hydrogens (tertiary/aromatic N) is 1. The summed E-state index contributed by atoms with van der Waals surface area (Å²) in [7, 11) is 0. The van der Waals surface area contributed by atoms with Crippen molar-refractivity contribution in [3.8, 4) is 0 Å². The summed E-state index contributed by atoms with van der Waals surface area (Å²) in [4.78, 5) is 26.1. The van der Waals surface area contributed by atoms with Crippen LogP contribution in [0.25, 0.3) is 6.08 Å². The minimum Gasteiger partial charge on any atom is -0.462 e. The van der Waals surface area contributed by atoms with E-state index in [4.69, 9.17) is 4.42 Å². The number of carbonyl (C=O) groups excluding carboxylic acids is 2. The summed E-state index contributed by atoms with van der Waals surface area (Å²) in [5.41, 5.74) is 2.08. The smallest absolute Gasteiger partial charge is 0.293 e. The van der Waals surface area contributed by atoms with Gasteiger partial charge in [-0.05, 0) is 43.3 Å². The standard InChI is InChI=1S/C17H15NO3S/c1-11-3-6-13(7-4-11)10-18-16(19)15(22-17(18)20)9-14-8-5-12(2)21-14/h3-9H,10H2,1-2H3. The molecule has 1 aromatic heterocycles. The van der Waals surface area contributed by atoms with Crippen molar-refractivity contribution in [2.45, 2.75) is 20.4 Å². The number of hydrogen-bond acceptors (Lipinski definition) is 4. The summed E-state index contributed by atoms with van der Waals surface area (Å²) in [5.74, 6) is 1.08. The first-order valence-electron chi connectivity index (χ1n) is 6.90. The molecule has 1 aromatic carbocycles. The zero-order valence-corrected chi connectivity index (χ0v) is 13.1. The Morgan fingerprint density at radius 1 is 1.09 bits per heavy atom. The molecule has 112 valence electrons. The van der Waals surface area contributed by atoms with Gasteiger partial charge in [0.15, 0.2) is 0 Å². The molecule has 2 aromatic rings. The van der Waals surface area contributed by atoms with Crippen molar-refractivity contribution >= 4 is 29.0 Å². The fourth-order valence-electron chi connectivity index (χ4n) is 2.17. The van der Waals surface area contributed by atoms with Gasteiger partial charge in [0, 0.05) is 6.08 Å². The summed E-state index contributed by atoms with van der Waals surface area (Å²) in [6.07, 6.45) is 1.62. The number of imide groups is 1. The summed E-state index contributed by atoms with van der Waals surface area (Å²) in [6.45, 7) is 4.12. The van der Waals surface area contributed by atoms with E-state index in [1.807, 2.05) is 44.2 Å². The zero-order valence-electron chi connectivity index (χ0n) is 12.3. The molecule has 2 amide bonds. The van der Waals surface area contributed by atoms with Crippen molar-refractivity contribution in [1.29, 1.82) is 0 Å². The Morgan fingerprint density at radius 3 is 2.45 bits per heavy atom. The third kappa shape index (κ3) is 2.99. The van der Waals surface area contributed by atoms with Crippen LogP contribution in [0.3, 0.4) is 0 Å². The highest BCUT2D eigenvalue weighted by Crippen LogP contribution is 2.33. The lowest BCUT2D eigenvalue weighted by Crippen LogP contribution is -2.27. The Hall–Kier alpha value is -2.27. The molecule has 3 rings (SSSR count). The molecule has 2 heterocycles. The molecule has 0 unspecified atom stereocenters. The maximum atomic E-state index is 12.4. The molecule has 4 nitrogen and oxygen atoms in total. The third-order valence-corrected chi connectivity index (χ3v) is 4.28. The molecule has 0 saturated carbocycles. The summed E-state index contributed by atoms with van der Waals surface area (Å²) in [6, 6.07) is 11.4. The van der Waals surface area contributed by atoms with Crippen molar-refractivity contribution in [3.63, 3.8) is 0 Å². The van der Waals surface area contributed by atoms with Crippen molar-refractivity contribution in [2.75, 3.05) is 0 Å². The molecular weight excluding hydrogens is 298 g/mol. The number of thioether (sulfide) groups is 1. The quantitative estimate of drug-likeness (QED) is 0.799. The second-order valence-corrected chi connectivity index (χ2v) is 6.20. The molecule has 0 aliphatic carbocycles. The Morgan fingerprint density at radius 2 is 1.82 bits per heavy atom. The van der Waals surface area contributed by atoms with Gasteiger partial charge in [-0.3, -0.25) is 14.5 Å². The number of aryl methyl sites for hydroxylation is 2. The molecule has 5 heteroatoms. The van der Waals surface area contributed by atoms with Crippen molar-refractivity contribution < 1.29 is 14.0 Å². The maximum Gasteiger partial charge on any atom is 0.293 e. The molecule has 1 saturated heterocycles. The molecular formula is C17H15NO3S. The number of benzene rings is 1. The third-order valence-electron chi connectivity index (χ3n) is 3.37. The van der Waals surface area contributed by atoms with E-state index < -0.39 is 0 Å². The summed E-state index contributed by atoms with van der Waals surface area (Å²) in [5, 5.41) is -0.250. The van der Waals surface area contributed by atoms with Crippen LogP contribution >= 0.6 is 11.8 Å². The van der Waals surface area contributed by atoms with Gasteiger partial charge in [-0.25, -0.2) is 0 Å². The van der Waals surface area contributed by atoms with Crippen LogP contribution in [-0.2, 0) is 11.3 Å². The molecule has 1 aliphatic rings. The first-order chi connectivity index (χ1) is 10.5. The second-order valence-electron chi connectivity index (χ2n) is 5.20. The number of amides is 2. The van der Waals surface area contributed by atoms with Gasteiger partial charge >= 0.3 is 0 Å². The lowest BCUT2D eigenvalue weighted by molar-refractivity contribution is -0.123. The Kier molecular flexibility index (Phi) is 3.90. The molecule has 0 radical (unpaired) electrons. The highest BCUT2D eigenvalue weighted by atomic mass is 32.2. The van der Waals surface area contributed by atoms with E-state index in [0.717, 1.165) is 28.6 Å². The largest absolute Gasteiger partial charge is 0.462 e. The Labute approximate surface area is 132 Å². The average molecular weight is 313 g/mol. The van der Waals surface area contributed by atoms with E-state index >= 15 is 0 Å². The first-order valence-corrected chi connectivity index (χ1v) is 7.72. The summed E-state index contributed by atoms with van der Waals surface area (Å²) < 4.78 is 5.42. The average Bonchev–Trinajstić information content (AvgIpc) is 3.00. The van der Waals surface area contributed by atoms with Crippen LogP contribution in [0.1, 0.15) is 22.6 Å². The lowest BCUT2D eigenvalue weighted by Gasteiger charge is -2.12. The lowest BCUT2D eigenvalue weighted by atomic mass is 10.1. The Balaban J connectivity index is 1.79. The number of hydrogen-bond donors (Lipinski definition) is 0. The van der Waals surface area contributed by atoms with E-state index in [-0.39, 0.29) is 11.1 Å². The van der Waals surface area contributed by atoms with Gasteiger partial charge in [0.2, 0.25) is 0 Å². The van der Waals surface area contributed by atoms with Crippen molar-refractivity contribution in [1.82, 2.24) is 4.90 Å². The predicted molar refractivity (Wildman–Crippen MR) is 86.1 cm³/mol. The normalized spacial score (nSPS) is 16.8. The highest BCUT2D eigenvalue weighted by Gasteiger charge is 2.35. The minimum atomic E-state index is -0.273. The minimum absolute atomic E-state index is 0.250. The van der Waals surface area contributed by atoms with E-state index in [0.29, 0.717) is 17.2 Å². The van der Waals surface area contributed by atoms with Gasteiger partial charge in [0.25, 0.3) is 11.1 Å². The van der Waals surface area contributed by atoms with Crippen molar-refractivity contribution in [3.05, 3.63) is 64.0 Å². The van der Waals surface area contributed by atoms with Crippen LogP contribution < -0.4 is 0 Å². The topological polar surface area (TPSA) is 50.5 Å². The Bertz CT molecular complexity index is 758.